The predicted molar refractivity (Wildman–Crippen MR) is 55.0 cm³/mol. The maximum Gasteiger partial charge on any atom is 0.332 e. The Labute approximate surface area is 82.6 Å². The fourth-order valence-corrected chi connectivity index (χ4v) is 1.10. The minimum absolute atomic E-state index is 0.658. The summed E-state index contributed by atoms with van der Waals surface area (Å²) in [7, 11) is 0. The largest absolute Gasteiger partial charge is 0.354 e. The standard InChI is InChI=1S/C9H14N4O/c1-2-4-13-5-3-8(7-13)6-11-12-9(10)14/h3,5-7H,2,4H2,1H3,(H3,10,12,14). The monoisotopic (exact) mass is 194 g/mol. The van der Waals surface area contributed by atoms with Crippen LogP contribution in [0.25, 0.3) is 0 Å². The van der Waals surface area contributed by atoms with E-state index in [0.29, 0.717) is 0 Å². The summed E-state index contributed by atoms with van der Waals surface area (Å²) in [6, 6.07) is 1.26. The Morgan fingerprint density at radius 1 is 1.79 bits per heavy atom. The minimum atomic E-state index is -0.658. The van der Waals surface area contributed by atoms with E-state index in [1.807, 2.05) is 18.5 Å². The number of hydrogen-bond donors (Lipinski definition) is 2. The number of aryl methyl sites for hydroxylation is 1. The number of carbonyl (C=O) groups excluding carboxylic acids is 1. The molecule has 0 spiro atoms. The van der Waals surface area contributed by atoms with Crippen LogP contribution in [0.4, 0.5) is 4.79 Å². The van der Waals surface area contributed by atoms with Crippen LogP contribution < -0.4 is 11.2 Å². The molecule has 5 heteroatoms. The molecule has 0 aliphatic carbocycles. The predicted octanol–water partition coefficient (Wildman–Crippen LogP) is 0.900. The molecule has 1 aromatic rings. The van der Waals surface area contributed by atoms with Crippen molar-refractivity contribution < 1.29 is 4.79 Å². The number of nitrogens with two attached hydrogens (primary N) is 1. The molecule has 1 rings (SSSR count). The van der Waals surface area contributed by atoms with Gasteiger partial charge in [-0.1, -0.05) is 6.92 Å². The van der Waals surface area contributed by atoms with Crippen molar-refractivity contribution in [2.45, 2.75) is 19.9 Å². The topological polar surface area (TPSA) is 72.4 Å². The first-order valence-corrected chi connectivity index (χ1v) is 4.46. The van der Waals surface area contributed by atoms with E-state index in [2.05, 4.69) is 22.0 Å². The average Bonchev–Trinajstić information content (AvgIpc) is 2.53. The van der Waals surface area contributed by atoms with Gasteiger partial charge in [-0.15, -0.1) is 0 Å². The summed E-state index contributed by atoms with van der Waals surface area (Å²) in [4.78, 5) is 10.3. The molecule has 0 aromatic carbocycles. The average molecular weight is 194 g/mol. The third kappa shape index (κ3) is 3.30. The van der Waals surface area contributed by atoms with Crippen molar-refractivity contribution in [2.75, 3.05) is 0 Å². The van der Waals surface area contributed by atoms with Crippen LogP contribution in [0.1, 0.15) is 18.9 Å². The van der Waals surface area contributed by atoms with Crippen LogP contribution in [0, 0.1) is 0 Å². The first-order valence-electron chi connectivity index (χ1n) is 4.46. The van der Waals surface area contributed by atoms with Gasteiger partial charge >= 0.3 is 6.03 Å². The van der Waals surface area contributed by atoms with Gasteiger partial charge in [0.25, 0.3) is 0 Å². The van der Waals surface area contributed by atoms with E-state index in [0.717, 1.165) is 18.5 Å². The van der Waals surface area contributed by atoms with Crippen LogP contribution in [0.3, 0.4) is 0 Å². The van der Waals surface area contributed by atoms with Gasteiger partial charge in [0.05, 0.1) is 6.21 Å². The van der Waals surface area contributed by atoms with Crippen LogP contribution in [-0.4, -0.2) is 16.8 Å². The number of hydrogen-bond acceptors (Lipinski definition) is 2. The maximum absolute atomic E-state index is 10.3. The molecule has 14 heavy (non-hydrogen) atoms. The van der Waals surface area contributed by atoms with E-state index in [1.165, 1.54) is 0 Å². The lowest BCUT2D eigenvalue weighted by molar-refractivity contribution is 0.249. The minimum Gasteiger partial charge on any atom is -0.354 e. The van der Waals surface area contributed by atoms with E-state index in [4.69, 9.17) is 5.73 Å². The molecule has 1 heterocycles. The quantitative estimate of drug-likeness (QED) is 0.542. The molecule has 0 aliphatic rings. The van der Waals surface area contributed by atoms with Crippen molar-refractivity contribution in [1.82, 2.24) is 9.99 Å². The molecule has 0 saturated heterocycles. The Kier molecular flexibility index (Phi) is 3.72. The number of primary amides is 1. The van der Waals surface area contributed by atoms with Crippen molar-refractivity contribution in [1.29, 1.82) is 0 Å². The molecule has 0 atom stereocenters. The lowest BCUT2D eigenvalue weighted by Crippen LogP contribution is -2.24. The highest BCUT2D eigenvalue weighted by Crippen LogP contribution is 1.98. The van der Waals surface area contributed by atoms with Gasteiger partial charge in [-0.2, -0.15) is 5.10 Å². The van der Waals surface area contributed by atoms with Crippen LogP contribution in [0.2, 0.25) is 0 Å². The van der Waals surface area contributed by atoms with Gasteiger partial charge in [0.15, 0.2) is 0 Å². The summed E-state index contributed by atoms with van der Waals surface area (Å²) >= 11 is 0. The first-order chi connectivity index (χ1) is 6.72. The number of urea groups is 1. The molecular formula is C9H14N4O. The normalized spacial score (nSPS) is 10.6. The van der Waals surface area contributed by atoms with E-state index in [1.54, 1.807) is 6.21 Å². The number of hydrazone groups is 1. The van der Waals surface area contributed by atoms with Crippen molar-refractivity contribution in [3.8, 4) is 0 Å². The van der Waals surface area contributed by atoms with Crippen LogP contribution >= 0.6 is 0 Å². The Balaban J connectivity index is 2.50. The molecular weight excluding hydrogens is 180 g/mol. The molecule has 0 aliphatic heterocycles. The van der Waals surface area contributed by atoms with E-state index < -0.39 is 6.03 Å². The second-order valence-corrected chi connectivity index (χ2v) is 2.92. The summed E-state index contributed by atoms with van der Waals surface area (Å²) in [6.07, 6.45) is 6.56. The van der Waals surface area contributed by atoms with Crippen molar-refractivity contribution in [3.05, 3.63) is 24.0 Å². The third-order valence-electron chi connectivity index (χ3n) is 1.64. The molecule has 3 N–H and O–H groups in total. The zero-order chi connectivity index (χ0) is 10.4. The SMILES string of the molecule is CCCn1ccc(C=NNC(N)=O)c1. The Bertz CT molecular complexity index is 329. The zero-order valence-electron chi connectivity index (χ0n) is 8.10. The van der Waals surface area contributed by atoms with E-state index >= 15 is 0 Å². The van der Waals surface area contributed by atoms with E-state index in [-0.39, 0.29) is 0 Å². The lowest BCUT2D eigenvalue weighted by atomic mass is 10.4. The Morgan fingerprint density at radius 3 is 3.21 bits per heavy atom. The Morgan fingerprint density at radius 2 is 2.57 bits per heavy atom. The fourth-order valence-electron chi connectivity index (χ4n) is 1.10. The fraction of sp³-hybridized carbons (Fsp3) is 0.333. The number of aromatic nitrogens is 1. The van der Waals surface area contributed by atoms with Gasteiger partial charge in [0, 0.05) is 24.5 Å². The van der Waals surface area contributed by atoms with Crippen LogP contribution in [0.15, 0.2) is 23.6 Å². The van der Waals surface area contributed by atoms with Gasteiger partial charge in [-0.05, 0) is 12.5 Å². The number of nitrogens with zero attached hydrogens (tertiary/aromatic N) is 2. The molecule has 0 unspecified atom stereocenters. The molecule has 0 bridgehead atoms. The van der Waals surface area contributed by atoms with Gasteiger partial charge in [0.2, 0.25) is 0 Å². The first kappa shape index (κ1) is 10.3. The van der Waals surface area contributed by atoms with Crippen molar-refractivity contribution in [3.63, 3.8) is 0 Å². The summed E-state index contributed by atoms with van der Waals surface area (Å²) < 4.78 is 2.06. The molecule has 1 aromatic heterocycles. The maximum atomic E-state index is 10.3. The Hall–Kier alpha value is -1.78. The zero-order valence-corrected chi connectivity index (χ0v) is 8.10. The molecule has 5 nitrogen and oxygen atoms in total. The van der Waals surface area contributed by atoms with Crippen molar-refractivity contribution in [2.24, 2.45) is 10.8 Å². The van der Waals surface area contributed by atoms with Gasteiger partial charge in [-0.25, -0.2) is 10.2 Å². The van der Waals surface area contributed by atoms with Gasteiger partial charge in [-0.3, -0.25) is 0 Å². The second-order valence-electron chi connectivity index (χ2n) is 2.92. The highest BCUT2D eigenvalue weighted by atomic mass is 16.2. The van der Waals surface area contributed by atoms with Crippen molar-refractivity contribution >= 4 is 12.2 Å². The summed E-state index contributed by atoms with van der Waals surface area (Å²) in [5.41, 5.74) is 7.91. The second kappa shape index (κ2) is 5.06. The van der Waals surface area contributed by atoms with Crippen LogP contribution in [0.5, 0.6) is 0 Å². The van der Waals surface area contributed by atoms with Gasteiger partial charge in [0.1, 0.15) is 0 Å². The molecule has 0 saturated carbocycles. The smallest absolute Gasteiger partial charge is 0.332 e. The number of amides is 2. The summed E-state index contributed by atoms with van der Waals surface area (Å²) in [5, 5.41) is 3.65. The lowest BCUT2D eigenvalue weighted by Gasteiger charge is -1.96. The van der Waals surface area contributed by atoms with Gasteiger partial charge < -0.3 is 10.3 Å². The number of nitrogens with one attached hydrogen (secondary N) is 1. The third-order valence-corrected chi connectivity index (χ3v) is 1.64. The number of carbonyl (C=O) groups is 1. The highest BCUT2D eigenvalue weighted by molar-refractivity contribution is 5.81. The summed E-state index contributed by atoms with van der Waals surface area (Å²) in [6.45, 7) is 3.10. The number of rotatable bonds is 4. The molecule has 0 fully saturated rings. The highest BCUT2D eigenvalue weighted by Gasteiger charge is 1.92. The molecule has 0 radical (unpaired) electrons. The van der Waals surface area contributed by atoms with Crippen LogP contribution in [-0.2, 0) is 6.54 Å². The van der Waals surface area contributed by atoms with E-state index in [9.17, 15) is 4.79 Å². The molecule has 2 amide bonds. The molecule has 76 valence electrons. The summed E-state index contributed by atoms with van der Waals surface area (Å²) in [5.74, 6) is 0.